The van der Waals surface area contributed by atoms with Crippen molar-refractivity contribution >= 4 is 19.9 Å². The van der Waals surface area contributed by atoms with Gasteiger partial charge in [0.2, 0.25) is 0 Å². The molecule has 0 rings (SSSR count). The van der Waals surface area contributed by atoms with E-state index in [0.29, 0.717) is 0 Å². The molecule has 1 nitrogen and oxygen atoms in total. The molecule has 0 aromatic carbocycles. The second kappa shape index (κ2) is 6.04. The van der Waals surface area contributed by atoms with Crippen LogP contribution in [0.5, 0.6) is 0 Å². The van der Waals surface area contributed by atoms with Crippen molar-refractivity contribution in [2.24, 2.45) is 0 Å². The Morgan fingerprint density at radius 2 is 1.82 bits per heavy atom. The van der Waals surface area contributed by atoms with Gasteiger partial charge in [0.25, 0.3) is 0 Å². The van der Waals surface area contributed by atoms with E-state index in [2.05, 4.69) is 13.8 Å². The number of halogens is 1. The van der Waals surface area contributed by atoms with Crippen LogP contribution in [0.25, 0.3) is 0 Å². The van der Waals surface area contributed by atoms with Crippen molar-refractivity contribution < 1.29 is 4.43 Å². The molecule has 0 atom stereocenters. The summed E-state index contributed by atoms with van der Waals surface area (Å²) in [7, 11) is 0.532. The van der Waals surface area contributed by atoms with E-state index in [1.807, 2.05) is 7.11 Å². The molecule has 0 spiro atoms. The fourth-order valence-corrected chi connectivity index (χ4v) is 4.55. The minimum Gasteiger partial charge on any atom is -0.420 e. The normalized spacial score (nSPS) is 12.0. The highest BCUT2D eigenvalue weighted by molar-refractivity contribution is 6.73. The van der Waals surface area contributed by atoms with Crippen LogP contribution in [-0.2, 0) is 4.43 Å². The van der Waals surface area contributed by atoms with Gasteiger partial charge in [0.05, 0.1) is 0 Å². The lowest BCUT2D eigenvalue weighted by molar-refractivity contribution is 0.391. The summed E-state index contributed by atoms with van der Waals surface area (Å²) in [5, 5.41) is 0. The molecule has 0 N–H and O–H groups in total. The van der Waals surface area contributed by atoms with Crippen LogP contribution in [0, 0.1) is 0 Å². The molecule has 68 valence electrons. The van der Waals surface area contributed by atoms with Gasteiger partial charge in [-0.15, -0.1) is 11.6 Å². The maximum Gasteiger partial charge on any atom is 0.191 e. The lowest BCUT2D eigenvalue weighted by atomic mass is 10.6. The SMILES string of the molecule is CC[Si](CC)(CCCCl)OC. The molecule has 0 radical (unpaired) electrons. The Labute approximate surface area is 76.2 Å². The standard InChI is InChI=1S/C8H19ClOSi/c1-4-11(5-2,10-3)8-6-7-9/h4-8H2,1-3H3. The molecule has 0 aliphatic heterocycles. The molecule has 0 fully saturated rings. The molecule has 11 heavy (non-hydrogen) atoms. The molecule has 0 unspecified atom stereocenters. The van der Waals surface area contributed by atoms with Gasteiger partial charge in [0, 0.05) is 13.0 Å². The Hall–Kier alpha value is 0.467. The molecular weight excluding hydrogens is 176 g/mol. The molecule has 0 saturated carbocycles. The predicted octanol–water partition coefficient (Wildman–Crippen LogP) is 3.25. The third kappa shape index (κ3) is 3.59. The average Bonchev–Trinajstić information content (AvgIpc) is 2.08. The minimum absolute atomic E-state index is 0.776. The van der Waals surface area contributed by atoms with Crippen LogP contribution in [0.2, 0.25) is 18.1 Å². The number of hydrogen-bond donors (Lipinski definition) is 0. The van der Waals surface area contributed by atoms with Crippen molar-refractivity contribution in [2.45, 2.75) is 38.4 Å². The summed E-state index contributed by atoms with van der Waals surface area (Å²) in [6.07, 6.45) is 1.11. The highest BCUT2D eigenvalue weighted by Crippen LogP contribution is 2.22. The molecule has 0 amide bonds. The van der Waals surface area contributed by atoms with Crippen molar-refractivity contribution in [1.29, 1.82) is 0 Å². The molecule has 0 bridgehead atoms. The summed E-state index contributed by atoms with van der Waals surface area (Å²) in [6.45, 7) is 4.46. The first kappa shape index (κ1) is 11.5. The van der Waals surface area contributed by atoms with Gasteiger partial charge in [0.1, 0.15) is 0 Å². The molecule has 0 heterocycles. The zero-order valence-electron chi connectivity index (χ0n) is 7.82. The van der Waals surface area contributed by atoms with Crippen molar-refractivity contribution in [3.05, 3.63) is 0 Å². The first-order valence-electron chi connectivity index (χ1n) is 4.35. The van der Waals surface area contributed by atoms with Crippen LogP contribution in [-0.4, -0.2) is 21.3 Å². The van der Waals surface area contributed by atoms with Crippen molar-refractivity contribution in [3.63, 3.8) is 0 Å². The number of alkyl halides is 1. The second-order valence-electron chi connectivity index (χ2n) is 2.89. The fourth-order valence-electron chi connectivity index (χ4n) is 1.38. The van der Waals surface area contributed by atoms with Crippen LogP contribution >= 0.6 is 11.6 Å². The van der Waals surface area contributed by atoms with E-state index in [1.165, 1.54) is 18.1 Å². The van der Waals surface area contributed by atoms with Crippen LogP contribution in [0.3, 0.4) is 0 Å². The summed E-state index contributed by atoms with van der Waals surface area (Å²) in [6, 6.07) is 3.66. The Balaban J connectivity index is 3.84. The van der Waals surface area contributed by atoms with E-state index in [0.717, 1.165) is 12.3 Å². The summed E-state index contributed by atoms with van der Waals surface area (Å²) < 4.78 is 5.62. The van der Waals surface area contributed by atoms with Gasteiger partial charge in [-0.05, 0) is 24.6 Å². The Kier molecular flexibility index (Phi) is 6.29. The van der Waals surface area contributed by atoms with Gasteiger partial charge in [-0.2, -0.15) is 0 Å². The second-order valence-corrected chi connectivity index (χ2v) is 7.95. The highest BCUT2D eigenvalue weighted by Gasteiger charge is 2.28. The fraction of sp³-hybridized carbons (Fsp3) is 1.00. The monoisotopic (exact) mass is 194 g/mol. The van der Waals surface area contributed by atoms with Crippen LogP contribution in [0.15, 0.2) is 0 Å². The van der Waals surface area contributed by atoms with Crippen LogP contribution in [0.4, 0.5) is 0 Å². The summed E-state index contributed by atoms with van der Waals surface area (Å²) in [4.78, 5) is 0. The predicted molar refractivity (Wildman–Crippen MR) is 53.9 cm³/mol. The molecule has 0 aliphatic carbocycles. The largest absolute Gasteiger partial charge is 0.420 e. The van der Waals surface area contributed by atoms with Crippen LogP contribution in [0.1, 0.15) is 20.3 Å². The molecule has 3 heteroatoms. The maximum absolute atomic E-state index is 5.65. The first-order valence-corrected chi connectivity index (χ1v) is 7.42. The minimum atomic E-state index is -1.32. The van der Waals surface area contributed by atoms with Crippen molar-refractivity contribution in [1.82, 2.24) is 0 Å². The van der Waals surface area contributed by atoms with Gasteiger partial charge >= 0.3 is 0 Å². The average molecular weight is 195 g/mol. The quantitative estimate of drug-likeness (QED) is 0.466. The Morgan fingerprint density at radius 3 is 2.09 bits per heavy atom. The van der Waals surface area contributed by atoms with E-state index < -0.39 is 8.32 Å². The summed E-state index contributed by atoms with van der Waals surface area (Å²) in [5.74, 6) is 0.776. The Morgan fingerprint density at radius 1 is 1.27 bits per heavy atom. The first-order chi connectivity index (χ1) is 5.24. The van der Waals surface area contributed by atoms with Crippen molar-refractivity contribution in [2.75, 3.05) is 13.0 Å². The maximum atomic E-state index is 5.65. The van der Waals surface area contributed by atoms with E-state index in [9.17, 15) is 0 Å². The number of rotatable bonds is 6. The molecular formula is C8H19ClOSi. The van der Waals surface area contributed by atoms with Gasteiger partial charge in [-0.1, -0.05) is 13.8 Å². The van der Waals surface area contributed by atoms with Crippen molar-refractivity contribution in [3.8, 4) is 0 Å². The van der Waals surface area contributed by atoms with Gasteiger partial charge in [-0.25, -0.2) is 0 Å². The smallest absolute Gasteiger partial charge is 0.191 e. The van der Waals surface area contributed by atoms with E-state index >= 15 is 0 Å². The Bertz CT molecular complexity index is 85.8. The third-order valence-corrected chi connectivity index (χ3v) is 7.46. The van der Waals surface area contributed by atoms with Crippen LogP contribution < -0.4 is 0 Å². The zero-order chi connectivity index (χ0) is 8.74. The summed E-state index contributed by atoms with van der Waals surface area (Å²) >= 11 is 5.65. The van der Waals surface area contributed by atoms with Gasteiger partial charge in [-0.3, -0.25) is 0 Å². The summed E-state index contributed by atoms with van der Waals surface area (Å²) in [5.41, 5.74) is 0. The lowest BCUT2D eigenvalue weighted by Gasteiger charge is -2.26. The zero-order valence-corrected chi connectivity index (χ0v) is 9.58. The topological polar surface area (TPSA) is 9.23 Å². The lowest BCUT2D eigenvalue weighted by Crippen LogP contribution is -2.35. The number of hydrogen-bond acceptors (Lipinski definition) is 1. The molecule has 0 saturated heterocycles. The van der Waals surface area contributed by atoms with Gasteiger partial charge in [0.15, 0.2) is 8.32 Å². The van der Waals surface area contributed by atoms with E-state index in [-0.39, 0.29) is 0 Å². The van der Waals surface area contributed by atoms with Gasteiger partial charge < -0.3 is 4.43 Å². The molecule has 0 aromatic rings. The highest BCUT2D eigenvalue weighted by atomic mass is 35.5. The van der Waals surface area contributed by atoms with E-state index in [1.54, 1.807) is 0 Å². The molecule has 0 aliphatic rings. The molecule has 0 aromatic heterocycles. The third-order valence-electron chi connectivity index (χ3n) is 2.49. The van der Waals surface area contributed by atoms with E-state index in [4.69, 9.17) is 16.0 Å².